The molecule has 0 saturated heterocycles. The molecule has 2 rings (SSSR count). The number of hydrogen-bond donors (Lipinski definition) is 1. The van der Waals surface area contributed by atoms with Gasteiger partial charge in [-0.3, -0.25) is 0 Å². The van der Waals surface area contributed by atoms with Crippen LogP contribution in [0.15, 0.2) is 39.6 Å². The molecule has 0 radical (unpaired) electrons. The van der Waals surface area contributed by atoms with Crippen molar-refractivity contribution in [3.05, 3.63) is 36.0 Å². The lowest BCUT2D eigenvalue weighted by molar-refractivity contribution is 0.598. The summed E-state index contributed by atoms with van der Waals surface area (Å²) >= 11 is 1.13. The van der Waals surface area contributed by atoms with Crippen LogP contribution in [0.4, 0.5) is 5.13 Å². The second-order valence-electron chi connectivity index (χ2n) is 3.55. The highest BCUT2D eigenvalue weighted by atomic mass is 32.2. The zero-order valence-electron chi connectivity index (χ0n) is 9.47. The van der Waals surface area contributed by atoms with E-state index in [-0.39, 0.29) is 4.21 Å². The molecular formula is C11H12N2O2S2. The molecule has 1 aromatic carbocycles. The highest BCUT2D eigenvalue weighted by molar-refractivity contribution is 7.93. The minimum absolute atomic E-state index is 0.257. The Balaban J connectivity index is 2.49. The van der Waals surface area contributed by atoms with E-state index in [0.717, 1.165) is 16.9 Å². The molecule has 0 aliphatic rings. The molecule has 0 aliphatic carbocycles. The van der Waals surface area contributed by atoms with E-state index >= 15 is 0 Å². The van der Waals surface area contributed by atoms with Gasteiger partial charge in [0.15, 0.2) is 5.13 Å². The predicted molar refractivity (Wildman–Crippen MR) is 68.3 cm³/mol. The van der Waals surface area contributed by atoms with E-state index in [1.807, 2.05) is 13.0 Å². The molecule has 0 amide bonds. The quantitative estimate of drug-likeness (QED) is 0.928. The van der Waals surface area contributed by atoms with Crippen LogP contribution in [0.1, 0.15) is 5.56 Å². The van der Waals surface area contributed by atoms with Crippen molar-refractivity contribution in [3.63, 3.8) is 0 Å². The Morgan fingerprint density at radius 3 is 2.71 bits per heavy atom. The van der Waals surface area contributed by atoms with Crippen LogP contribution in [0, 0.1) is 6.92 Å². The minimum Gasteiger partial charge on any atom is -0.365 e. The third-order valence-corrected chi connectivity index (χ3v) is 5.49. The molecule has 0 saturated carbocycles. The number of benzene rings is 1. The first-order valence-electron chi connectivity index (χ1n) is 4.99. The highest BCUT2D eigenvalue weighted by Gasteiger charge is 2.20. The van der Waals surface area contributed by atoms with Crippen molar-refractivity contribution in [2.45, 2.75) is 16.0 Å². The third kappa shape index (κ3) is 2.32. The summed E-state index contributed by atoms with van der Waals surface area (Å²) in [4.78, 5) is 4.29. The van der Waals surface area contributed by atoms with Gasteiger partial charge in [-0.15, -0.1) is 0 Å². The summed E-state index contributed by atoms with van der Waals surface area (Å²) in [7, 11) is -1.72. The molecule has 0 spiro atoms. The van der Waals surface area contributed by atoms with Crippen molar-refractivity contribution in [1.29, 1.82) is 0 Å². The maximum atomic E-state index is 12.3. The van der Waals surface area contributed by atoms with E-state index in [0.29, 0.717) is 10.0 Å². The van der Waals surface area contributed by atoms with Crippen LogP contribution < -0.4 is 5.32 Å². The summed E-state index contributed by atoms with van der Waals surface area (Å²) in [6.45, 7) is 1.87. The van der Waals surface area contributed by atoms with Gasteiger partial charge in [0.2, 0.25) is 9.84 Å². The Kier molecular flexibility index (Phi) is 3.17. The zero-order chi connectivity index (χ0) is 12.5. The number of hydrogen-bond acceptors (Lipinski definition) is 5. The van der Waals surface area contributed by atoms with Crippen LogP contribution in [0.5, 0.6) is 0 Å². The smallest absolute Gasteiger partial charge is 0.217 e. The number of aromatic nitrogens is 1. The average molecular weight is 268 g/mol. The third-order valence-electron chi connectivity index (χ3n) is 2.26. The first kappa shape index (κ1) is 12.1. The Morgan fingerprint density at radius 2 is 2.12 bits per heavy atom. The molecule has 4 nitrogen and oxygen atoms in total. The van der Waals surface area contributed by atoms with Crippen molar-refractivity contribution < 1.29 is 8.42 Å². The predicted octanol–water partition coefficient (Wildman–Crippen LogP) is 2.33. The summed E-state index contributed by atoms with van der Waals surface area (Å²) < 4.78 is 24.8. The topological polar surface area (TPSA) is 59.1 Å². The Labute approximate surface area is 104 Å². The molecule has 1 N–H and O–H groups in total. The fourth-order valence-electron chi connectivity index (χ4n) is 1.40. The molecule has 6 heteroatoms. The van der Waals surface area contributed by atoms with Crippen LogP contribution in [-0.4, -0.2) is 20.4 Å². The summed E-state index contributed by atoms with van der Waals surface area (Å²) in [5, 5.41) is 3.42. The molecule has 0 unspecified atom stereocenters. The average Bonchev–Trinajstić information content (AvgIpc) is 2.78. The first-order valence-corrected chi connectivity index (χ1v) is 7.29. The normalized spacial score (nSPS) is 11.4. The monoisotopic (exact) mass is 268 g/mol. The van der Waals surface area contributed by atoms with E-state index in [1.165, 1.54) is 6.20 Å². The van der Waals surface area contributed by atoms with Crippen LogP contribution in [0.2, 0.25) is 0 Å². The lowest BCUT2D eigenvalue weighted by Gasteiger charge is -2.01. The van der Waals surface area contributed by atoms with Gasteiger partial charge in [-0.05, 0) is 24.6 Å². The van der Waals surface area contributed by atoms with Crippen molar-refractivity contribution >= 4 is 26.3 Å². The van der Waals surface area contributed by atoms with Gasteiger partial charge < -0.3 is 5.32 Å². The maximum Gasteiger partial charge on any atom is 0.217 e. The standard InChI is InChI=1S/C11H12N2O2S2/c1-8-4-3-5-9(6-8)17(14,15)10-7-13-11(12-2)16-10/h3-7H,1-2H3,(H,12,13). The number of aryl methyl sites for hydroxylation is 1. The summed E-state index contributed by atoms with van der Waals surface area (Å²) in [5.41, 5.74) is 0.921. The lowest BCUT2D eigenvalue weighted by Crippen LogP contribution is -1.99. The minimum atomic E-state index is -3.43. The number of thiazole rings is 1. The Morgan fingerprint density at radius 1 is 1.35 bits per heavy atom. The molecule has 0 aliphatic heterocycles. The number of sulfone groups is 1. The van der Waals surface area contributed by atoms with Gasteiger partial charge in [-0.25, -0.2) is 13.4 Å². The molecular weight excluding hydrogens is 256 g/mol. The molecule has 0 bridgehead atoms. The van der Waals surface area contributed by atoms with E-state index in [9.17, 15) is 8.42 Å². The van der Waals surface area contributed by atoms with Gasteiger partial charge in [0.1, 0.15) is 4.21 Å². The SMILES string of the molecule is CNc1ncc(S(=O)(=O)c2cccc(C)c2)s1. The van der Waals surface area contributed by atoms with Gasteiger partial charge in [0, 0.05) is 7.05 Å². The zero-order valence-corrected chi connectivity index (χ0v) is 11.1. The fourth-order valence-corrected chi connectivity index (χ4v) is 3.89. The second kappa shape index (κ2) is 4.46. The number of nitrogens with zero attached hydrogens (tertiary/aromatic N) is 1. The highest BCUT2D eigenvalue weighted by Crippen LogP contribution is 2.28. The molecule has 2 aromatic rings. The second-order valence-corrected chi connectivity index (χ2v) is 6.76. The lowest BCUT2D eigenvalue weighted by atomic mass is 10.2. The number of anilines is 1. The van der Waals surface area contributed by atoms with Crippen molar-refractivity contribution in [2.24, 2.45) is 0 Å². The van der Waals surface area contributed by atoms with Gasteiger partial charge in [-0.2, -0.15) is 0 Å². The molecule has 0 fully saturated rings. The largest absolute Gasteiger partial charge is 0.365 e. The Bertz CT molecular complexity index is 632. The van der Waals surface area contributed by atoms with E-state index < -0.39 is 9.84 Å². The van der Waals surface area contributed by atoms with Gasteiger partial charge in [-0.1, -0.05) is 23.5 Å². The summed E-state index contributed by atoms with van der Waals surface area (Å²) in [6.07, 6.45) is 1.38. The van der Waals surface area contributed by atoms with Crippen molar-refractivity contribution in [1.82, 2.24) is 4.98 Å². The molecule has 0 atom stereocenters. The van der Waals surface area contributed by atoms with E-state index in [4.69, 9.17) is 0 Å². The van der Waals surface area contributed by atoms with Crippen molar-refractivity contribution in [3.8, 4) is 0 Å². The van der Waals surface area contributed by atoms with Gasteiger partial charge in [0.05, 0.1) is 11.1 Å². The molecule has 17 heavy (non-hydrogen) atoms. The van der Waals surface area contributed by atoms with Crippen LogP contribution in [0.3, 0.4) is 0 Å². The summed E-state index contributed by atoms with van der Waals surface area (Å²) in [5.74, 6) is 0. The van der Waals surface area contributed by atoms with Gasteiger partial charge >= 0.3 is 0 Å². The van der Waals surface area contributed by atoms with E-state index in [2.05, 4.69) is 10.3 Å². The van der Waals surface area contributed by atoms with Crippen LogP contribution in [-0.2, 0) is 9.84 Å². The molecule has 90 valence electrons. The van der Waals surface area contributed by atoms with E-state index in [1.54, 1.807) is 25.2 Å². The summed E-state index contributed by atoms with van der Waals surface area (Å²) in [6, 6.07) is 6.86. The number of rotatable bonds is 3. The van der Waals surface area contributed by atoms with Crippen LogP contribution >= 0.6 is 11.3 Å². The first-order chi connectivity index (χ1) is 8.04. The fraction of sp³-hybridized carbons (Fsp3) is 0.182. The Hall–Kier alpha value is -1.40. The maximum absolute atomic E-state index is 12.3. The van der Waals surface area contributed by atoms with Gasteiger partial charge in [0.25, 0.3) is 0 Å². The molecule has 1 aromatic heterocycles. The molecule has 1 heterocycles. The van der Waals surface area contributed by atoms with Crippen LogP contribution in [0.25, 0.3) is 0 Å². The van der Waals surface area contributed by atoms with Crippen molar-refractivity contribution in [2.75, 3.05) is 12.4 Å². The number of nitrogens with one attached hydrogen (secondary N) is 1.